The maximum atomic E-state index is 5.82. The SMILES string of the molecule is Cl.Clc1cc[c]([Sb]([Cl])([Cl])([Cl])[Cl])cc1.N. The van der Waals surface area contributed by atoms with Crippen molar-refractivity contribution in [3.63, 3.8) is 0 Å². The van der Waals surface area contributed by atoms with Gasteiger partial charge in [-0.05, 0) is 0 Å². The van der Waals surface area contributed by atoms with Crippen LogP contribution in [0.1, 0.15) is 0 Å². The van der Waals surface area contributed by atoms with E-state index >= 15 is 0 Å². The van der Waals surface area contributed by atoms with Crippen LogP contribution in [0.4, 0.5) is 0 Å². The van der Waals surface area contributed by atoms with Gasteiger partial charge in [0, 0.05) is 0 Å². The smallest absolute Gasteiger partial charge is 0.344 e. The van der Waals surface area contributed by atoms with Crippen LogP contribution in [0, 0.1) is 0 Å². The summed E-state index contributed by atoms with van der Waals surface area (Å²) in [6, 6.07) is 6.59. The van der Waals surface area contributed by atoms with Crippen LogP contribution in [0.25, 0.3) is 0 Å². The molecule has 0 amide bonds. The molecule has 0 spiro atoms. The molecule has 8 heteroatoms. The van der Waals surface area contributed by atoms with Gasteiger partial charge in [0.05, 0.1) is 0 Å². The number of hydrogen-bond acceptors (Lipinski definition) is 1. The normalized spacial score (nSPS) is 13.1. The second kappa shape index (κ2) is 5.89. The first-order chi connectivity index (χ1) is 5.26. The molecule has 0 aliphatic heterocycles. The topological polar surface area (TPSA) is 35.0 Å². The zero-order valence-electron chi connectivity index (χ0n) is 6.76. The Kier molecular flexibility index (Phi) is 7.62. The fourth-order valence-electron chi connectivity index (χ4n) is 0.666. The number of halogens is 6. The van der Waals surface area contributed by atoms with Gasteiger partial charge in [0.2, 0.25) is 0 Å². The second-order valence-corrected chi connectivity index (χ2v) is 33.3. The summed E-state index contributed by atoms with van der Waals surface area (Å²) in [5, 5.41) is 0.595. The summed E-state index contributed by atoms with van der Waals surface area (Å²) in [5.41, 5.74) is 0. The van der Waals surface area contributed by atoms with Gasteiger partial charge in [-0.3, -0.25) is 0 Å². The Balaban J connectivity index is 0. The molecule has 0 bridgehead atoms. The summed E-state index contributed by atoms with van der Waals surface area (Å²) in [4.78, 5) is 0. The van der Waals surface area contributed by atoms with E-state index in [-0.39, 0.29) is 18.6 Å². The fraction of sp³-hybridized carbons (Fsp3) is 0. The predicted octanol–water partition coefficient (Wildman–Crippen LogP) is 4.48. The molecule has 0 fully saturated rings. The van der Waals surface area contributed by atoms with E-state index in [1.54, 1.807) is 24.3 Å². The van der Waals surface area contributed by atoms with Gasteiger partial charge in [-0.15, -0.1) is 12.4 Å². The number of rotatable bonds is 1. The van der Waals surface area contributed by atoms with Gasteiger partial charge in [0.15, 0.2) is 0 Å². The molecule has 0 aliphatic carbocycles. The number of benzene rings is 1. The first-order valence-electron chi connectivity index (χ1n) is 2.91. The van der Waals surface area contributed by atoms with E-state index in [1.165, 1.54) is 0 Å². The third-order valence-corrected chi connectivity index (χ3v) is 9.79. The van der Waals surface area contributed by atoms with Gasteiger partial charge in [-0.25, -0.2) is 0 Å². The number of hydrogen-bond donors (Lipinski definition) is 1. The average Bonchev–Trinajstić information content (AvgIpc) is 1.84. The maximum Gasteiger partial charge on any atom is -0.344 e. The van der Waals surface area contributed by atoms with Gasteiger partial charge in [0.1, 0.15) is 0 Å². The van der Waals surface area contributed by atoms with Crippen LogP contribution in [-0.4, -0.2) is 12.8 Å². The molecular formula is C6H8Cl6NSb. The van der Waals surface area contributed by atoms with Crippen LogP contribution in [0.3, 0.4) is 0 Å². The van der Waals surface area contributed by atoms with Gasteiger partial charge in [0.25, 0.3) is 0 Å². The van der Waals surface area contributed by atoms with Crippen molar-refractivity contribution in [3.05, 3.63) is 29.3 Å². The Morgan fingerprint density at radius 1 is 0.857 bits per heavy atom. The Hall–Kier alpha value is 1.74. The van der Waals surface area contributed by atoms with Crippen LogP contribution in [0.15, 0.2) is 24.3 Å². The van der Waals surface area contributed by atoms with Crippen molar-refractivity contribution in [1.29, 1.82) is 0 Å². The average molecular weight is 429 g/mol. The molecule has 0 saturated carbocycles. The van der Waals surface area contributed by atoms with Crippen molar-refractivity contribution >= 4 is 75.7 Å². The Labute approximate surface area is 110 Å². The van der Waals surface area contributed by atoms with Gasteiger partial charge in [-0.1, -0.05) is 0 Å². The second-order valence-electron chi connectivity index (χ2n) is 2.20. The first-order valence-corrected chi connectivity index (χ1v) is 17.5. The Morgan fingerprint density at radius 2 is 1.21 bits per heavy atom. The van der Waals surface area contributed by atoms with E-state index in [0.29, 0.717) is 8.53 Å². The summed E-state index contributed by atoms with van der Waals surface area (Å²) in [7, 11) is 23.3. The largest absolute Gasteiger partial charge is 0.344 e. The quantitative estimate of drug-likeness (QED) is 0.658. The zero-order chi connectivity index (χ0) is 9.43. The van der Waals surface area contributed by atoms with E-state index in [1.807, 2.05) is 0 Å². The van der Waals surface area contributed by atoms with E-state index in [9.17, 15) is 0 Å². The third kappa shape index (κ3) is 5.72. The molecule has 14 heavy (non-hydrogen) atoms. The standard InChI is InChI=1S/C6H4Cl.5ClH.H3N.Sb/c7-6-4-2-1-3-5-6;;;;;;;/h2-5H;5*1H;1H3;/q;;;;;;;+4/p-4. The summed E-state index contributed by atoms with van der Waals surface area (Å²) in [6.45, 7) is 0. The molecule has 0 saturated heterocycles. The maximum absolute atomic E-state index is 5.82. The van der Waals surface area contributed by atoms with Crippen LogP contribution in [0.2, 0.25) is 5.02 Å². The van der Waals surface area contributed by atoms with Gasteiger partial charge in [-0.2, -0.15) is 0 Å². The van der Waals surface area contributed by atoms with Crippen LogP contribution < -0.4 is 9.66 Å². The summed E-state index contributed by atoms with van der Waals surface area (Å²) in [5.74, 6) is 0. The first kappa shape index (κ1) is 18.1. The molecule has 0 heterocycles. The van der Waals surface area contributed by atoms with E-state index in [4.69, 9.17) is 46.9 Å². The van der Waals surface area contributed by atoms with Crippen LogP contribution >= 0.6 is 59.3 Å². The van der Waals surface area contributed by atoms with Crippen LogP contribution in [0.5, 0.6) is 0 Å². The molecule has 1 aromatic carbocycles. The minimum Gasteiger partial charge on any atom is -0.344 e. The van der Waals surface area contributed by atoms with Gasteiger partial charge < -0.3 is 6.15 Å². The molecule has 1 rings (SSSR count). The Morgan fingerprint density at radius 3 is 1.50 bits per heavy atom. The molecular weight excluding hydrogens is 421 g/mol. The minimum absolute atomic E-state index is 0. The van der Waals surface area contributed by atoms with E-state index in [0.717, 1.165) is 0 Å². The third-order valence-electron chi connectivity index (χ3n) is 1.22. The predicted molar refractivity (Wildman–Crippen MR) is 72.5 cm³/mol. The van der Waals surface area contributed by atoms with Crippen molar-refractivity contribution in [2.24, 2.45) is 0 Å². The van der Waals surface area contributed by atoms with Crippen molar-refractivity contribution in [3.8, 4) is 0 Å². The molecule has 0 aliphatic rings. The molecule has 0 radical (unpaired) electrons. The van der Waals surface area contributed by atoms with Crippen LogP contribution in [-0.2, 0) is 0 Å². The van der Waals surface area contributed by atoms with Gasteiger partial charge >= 0.3 is 92.5 Å². The minimum atomic E-state index is -4.44. The molecule has 0 atom stereocenters. The van der Waals surface area contributed by atoms with Crippen molar-refractivity contribution in [2.45, 2.75) is 0 Å². The van der Waals surface area contributed by atoms with Crippen molar-refractivity contribution in [2.75, 3.05) is 0 Å². The summed E-state index contributed by atoms with van der Waals surface area (Å²) < 4.78 is 0.568. The molecule has 84 valence electrons. The summed E-state index contributed by atoms with van der Waals surface area (Å²) in [6.07, 6.45) is 0. The van der Waals surface area contributed by atoms with E-state index in [2.05, 4.69) is 0 Å². The monoisotopic (exact) mass is 425 g/mol. The zero-order valence-corrected chi connectivity index (χ0v) is 13.9. The molecule has 3 N–H and O–H groups in total. The summed E-state index contributed by atoms with van der Waals surface area (Å²) >= 11 is 1.21. The molecule has 0 unspecified atom stereocenters. The molecule has 1 nitrogen and oxygen atoms in total. The van der Waals surface area contributed by atoms with Crippen molar-refractivity contribution in [1.82, 2.24) is 6.15 Å². The van der Waals surface area contributed by atoms with Crippen molar-refractivity contribution < 1.29 is 0 Å². The fourth-order valence-corrected chi connectivity index (χ4v) is 5.53. The Bertz CT molecular complexity index is 282. The molecule has 1 aromatic rings. The molecule has 0 aromatic heterocycles. The van der Waals surface area contributed by atoms with E-state index < -0.39 is 12.8 Å².